The Labute approximate surface area is 118 Å². The second-order valence-corrected chi connectivity index (χ2v) is 4.90. The van der Waals surface area contributed by atoms with Crippen LogP contribution in [0, 0.1) is 0 Å². The predicted octanol–water partition coefficient (Wildman–Crippen LogP) is 3.49. The molecule has 0 atom stereocenters. The van der Waals surface area contributed by atoms with Gasteiger partial charge < -0.3 is 10.1 Å². The summed E-state index contributed by atoms with van der Waals surface area (Å²) in [7, 11) is 0. The summed E-state index contributed by atoms with van der Waals surface area (Å²) in [6.45, 7) is -0.355. The molecule has 1 aromatic carbocycles. The van der Waals surface area contributed by atoms with Crippen LogP contribution < -0.4 is 5.56 Å². The van der Waals surface area contributed by atoms with Gasteiger partial charge in [-0.05, 0) is 18.2 Å². The van der Waals surface area contributed by atoms with Crippen molar-refractivity contribution in [3.05, 3.63) is 55.4 Å². The lowest BCUT2D eigenvalue weighted by atomic mass is 10.1. The van der Waals surface area contributed by atoms with Crippen LogP contribution in [0.25, 0.3) is 11.1 Å². The van der Waals surface area contributed by atoms with Crippen LogP contribution in [0.4, 0.5) is 0 Å². The molecular weight excluding hydrogens is 296 g/mol. The molecular formula is C12H8Cl3NO2. The summed E-state index contributed by atoms with van der Waals surface area (Å²) >= 11 is 18.0. The van der Waals surface area contributed by atoms with Crippen LogP contribution in [0.1, 0.15) is 5.56 Å². The fraction of sp³-hybridized carbons (Fsp3) is 0.0833. The molecule has 2 N–H and O–H groups in total. The molecule has 2 aromatic rings. The van der Waals surface area contributed by atoms with Crippen molar-refractivity contribution in [1.29, 1.82) is 0 Å². The third kappa shape index (κ3) is 2.54. The van der Waals surface area contributed by atoms with Crippen molar-refractivity contribution in [1.82, 2.24) is 4.98 Å². The van der Waals surface area contributed by atoms with E-state index in [-0.39, 0.29) is 17.7 Å². The average Bonchev–Trinajstić information content (AvgIpc) is 2.30. The number of H-pyrrole nitrogens is 1. The monoisotopic (exact) mass is 303 g/mol. The van der Waals surface area contributed by atoms with Gasteiger partial charge in [0, 0.05) is 27.9 Å². The molecule has 0 bridgehead atoms. The zero-order valence-corrected chi connectivity index (χ0v) is 11.3. The van der Waals surface area contributed by atoms with Gasteiger partial charge in [0.1, 0.15) is 0 Å². The van der Waals surface area contributed by atoms with Crippen LogP contribution in [0.2, 0.25) is 15.1 Å². The Morgan fingerprint density at radius 3 is 2.28 bits per heavy atom. The average molecular weight is 305 g/mol. The van der Waals surface area contributed by atoms with Crippen LogP contribution in [0.5, 0.6) is 0 Å². The zero-order chi connectivity index (χ0) is 13.3. The van der Waals surface area contributed by atoms with Crippen LogP contribution in [-0.2, 0) is 6.61 Å². The number of aromatic amines is 1. The first kappa shape index (κ1) is 13.4. The van der Waals surface area contributed by atoms with Gasteiger partial charge >= 0.3 is 0 Å². The Bertz CT molecular complexity index is 629. The number of aliphatic hydroxyl groups excluding tert-OH is 1. The summed E-state index contributed by atoms with van der Waals surface area (Å²) in [5.74, 6) is 0. The van der Waals surface area contributed by atoms with Gasteiger partial charge in [0.2, 0.25) is 0 Å². The van der Waals surface area contributed by atoms with Gasteiger partial charge in [0.25, 0.3) is 5.56 Å². The molecule has 0 aliphatic heterocycles. The van der Waals surface area contributed by atoms with Crippen molar-refractivity contribution >= 4 is 34.8 Å². The minimum absolute atomic E-state index is 0.245. The number of hydrogen-bond acceptors (Lipinski definition) is 2. The molecule has 0 saturated heterocycles. The summed E-state index contributed by atoms with van der Waals surface area (Å²) in [6.07, 6.45) is 1.49. The highest BCUT2D eigenvalue weighted by atomic mass is 35.5. The number of aromatic nitrogens is 1. The second kappa shape index (κ2) is 5.33. The van der Waals surface area contributed by atoms with Crippen molar-refractivity contribution in [2.24, 2.45) is 0 Å². The van der Waals surface area contributed by atoms with Crippen molar-refractivity contribution in [3.63, 3.8) is 0 Å². The number of rotatable bonds is 2. The molecule has 0 saturated carbocycles. The first-order valence-corrected chi connectivity index (χ1v) is 6.13. The van der Waals surface area contributed by atoms with Crippen molar-refractivity contribution in [3.8, 4) is 11.1 Å². The molecule has 0 fully saturated rings. The Hall–Kier alpha value is -1.00. The summed E-state index contributed by atoms with van der Waals surface area (Å²) < 4.78 is 0. The van der Waals surface area contributed by atoms with Gasteiger partial charge in [-0.25, -0.2) is 0 Å². The van der Waals surface area contributed by atoms with Crippen molar-refractivity contribution in [2.45, 2.75) is 6.61 Å². The van der Waals surface area contributed by atoms with E-state index in [4.69, 9.17) is 39.9 Å². The molecule has 18 heavy (non-hydrogen) atoms. The minimum Gasteiger partial charge on any atom is -0.391 e. The number of halogens is 3. The Morgan fingerprint density at radius 2 is 1.72 bits per heavy atom. The first-order chi connectivity index (χ1) is 8.52. The summed E-state index contributed by atoms with van der Waals surface area (Å²) in [5, 5.41) is 10.3. The predicted molar refractivity (Wildman–Crippen MR) is 73.5 cm³/mol. The van der Waals surface area contributed by atoms with Gasteiger partial charge in [-0.2, -0.15) is 0 Å². The molecule has 1 heterocycles. The molecule has 1 aromatic heterocycles. The molecule has 0 unspecified atom stereocenters. The van der Waals surface area contributed by atoms with E-state index in [0.29, 0.717) is 26.2 Å². The van der Waals surface area contributed by atoms with Crippen molar-refractivity contribution < 1.29 is 5.11 Å². The summed E-state index contributed by atoms with van der Waals surface area (Å²) in [4.78, 5) is 13.9. The van der Waals surface area contributed by atoms with Gasteiger partial charge in [-0.3, -0.25) is 4.79 Å². The summed E-state index contributed by atoms with van der Waals surface area (Å²) in [5.41, 5.74) is 1.08. The molecule has 0 aliphatic carbocycles. The highest BCUT2D eigenvalue weighted by Crippen LogP contribution is 2.36. The van der Waals surface area contributed by atoms with E-state index >= 15 is 0 Å². The number of nitrogens with one attached hydrogen (secondary N) is 1. The van der Waals surface area contributed by atoms with E-state index in [2.05, 4.69) is 4.98 Å². The standard InChI is InChI=1S/C12H8Cl3NO2/c13-8-2-9(14)11(10(15)3-8)6-1-7(5-17)12(18)16-4-6/h1-4,17H,5H2,(H,16,18). The maximum absolute atomic E-state index is 11.4. The van der Waals surface area contributed by atoms with Crippen molar-refractivity contribution in [2.75, 3.05) is 0 Å². The highest BCUT2D eigenvalue weighted by molar-refractivity contribution is 6.41. The van der Waals surface area contributed by atoms with Gasteiger partial charge in [0.05, 0.1) is 16.7 Å². The van der Waals surface area contributed by atoms with E-state index in [0.717, 1.165) is 0 Å². The normalized spacial score (nSPS) is 10.7. The largest absolute Gasteiger partial charge is 0.391 e. The van der Waals surface area contributed by atoms with E-state index in [1.165, 1.54) is 6.20 Å². The smallest absolute Gasteiger partial charge is 0.253 e. The highest BCUT2D eigenvalue weighted by Gasteiger charge is 2.11. The number of hydrogen-bond donors (Lipinski definition) is 2. The lowest BCUT2D eigenvalue weighted by Crippen LogP contribution is -2.11. The number of benzene rings is 1. The quantitative estimate of drug-likeness (QED) is 0.892. The summed E-state index contributed by atoms with van der Waals surface area (Å²) in [6, 6.07) is 4.67. The zero-order valence-electron chi connectivity index (χ0n) is 9.01. The number of aliphatic hydroxyl groups is 1. The van der Waals surface area contributed by atoms with E-state index in [1.807, 2.05) is 0 Å². The second-order valence-electron chi connectivity index (χ2n) is 3.65. The fourth-order valence-electron chi connectivity index (χ4n) is 1.61. The fourth-order valence-corrected chi connectivity index (χ4v) is 2.65. The molecule has 6 heteroatoms. The van der Waals surface area contributed by atoms with Gasteiger partial charge in [0.15, 0.2) is 0 Å². The molecule has 2 rings (SSSR count). The topological polar surface area (TPSA) is 53.1 Å². The SMILES string of the molecule is O=c1[nH]cc(-c2c(Cl)cc(Cl)cc2Cl)cc1CO. The van der Waals surface area contributed by atoms with E-state index in [9.17, 15) is 4.79 Å². The Kier molecular flexibility index (Phi) is 3.97. The molecule has 94 valence electrons. The lowest BCUT2D eigenvalue weighted by molar-refractivity contribution is 0.280. The molecule has 0 amide bonds. The molecule has 0 radical (unpaired) electrons. The molecule has 3 nitrogen and oxygen atoms in total. The Morgan fingerprint density at radius 1 is 1.11 bits per heavy atom. The maximum atomic E-state index is 11.4. The molecule has 0 spiro atoms. The van der Waals surface area contributed by atoms with Gasteiger partial charge in [-0.1, -0.05) is 34.8 Å². The Balaban J connectivity index is 2.66. The van der Waals surface area contributed by atoms with Crippen LogP contribution in [0.3, 0.4) is 0 Å². The third-order valence-corrected chi connectivity index (χ3v) is 3.26. The van der Waals surface area contributed by atoms with E-state index < -0.39 is 0 Å². The van der Waals surface area contributed by atoms with Crippen LogP contribution >= 0.6 is 34.8 Å². The third-order valence-electron chi connectivity index (χ3n) is 2.45. The van der Waals surface area contributed by atoms with Crippen LogP contribution in [-0.4, -0.2) is 10.1 Å². The van der Waals surface area contributed by atoms with E-state index in [1.54, 1.807) is 18.2 Å². The lowest BCUT2D eigenvalue weighted by Gasteiger charge is -2.08. The van der Waals surface area contributed by atoms with Gasteiger partial charge in [-0.15, -0.1) is 0 Å². The molecule has 0 aliphatic rings. The first-order valence-electron chi connectivity index (χ1n) is 5.00. The number of pyridine rings is 1. The maximum Gasteiger partial charge on any atom is 0.253 e. The van der Waals surface area contributed by atoms with Crippen LogP contribution in [0.15, 0.2) is 29.2 Å². The minimum atomic E-state index is -0.355.